The largest absolute Gasteiger partial charge is 0.494 e. The van der Waals surface area contributed by atoms with E-state index >= 15 is 4.39 Å². The number of carboxylic acid groups (broad SMARTS) is 1. The summed E-state index contributed by atoms with van der Waals surface area (Å²) in [5.74, 6) is -0.477. The third-order valence-electron chi connectivity index (χ3n) is 4.99. The summed E-state index contributed by atoms with van der Waals surface area (Å²) in [7, 11) is 1.49. The summed E-state index contributed by atoms with van der Waals surface area (Å²) < 4.78 is 26.9. The molecule has 0 bridgehead atoms. The van der Waals surface area contributed by atoms with Crippen LogP contribution in [0.25, 0.3) is 11.1 Å². The number of rotatable bonds is 7. The second-order valence-electron chi connectivity index (χ2n) is 8.35. The Kier molecular flexibility index (Phi) is 7.77. The van der Waals surface area contributed by atoms with E-state index in [2.05, 4.69) is 19.9 Å². The Bertz CT molecular complexity index is 997. The smallest absolute Gasteiger partial charge is 0.328 e. The monoisotopic (exact) mass is 448 g/mol. The van der Waals surface area contributed by atoms with Crippen LogP contribution in [0.5, 0.6) is 11.5 Å². The molecule has 1 N–H and O–H groups in total. The van der Waals surface area contributed by atoms with Crippen LogP contribution in [0.2, 0.25) is 5.02 Å². The Hall–Kier alpha value is -2.53. The lowest BCUT2D eigenvalue weighted by molar-refractivity contribution is -0.131. The number of halogens is 2. The predicted octanol–water partition coefficient (Wildman–Crippen LogP) is 7.24. The van der Waals surface area contributed by atoms with Crippen LogP contribution in [0, 0.1) is 5.92 Å². The molecule has 1 aliphatic heterocycles. The zero-order chi connectivity index (χ0) is 23.5. The minimum Gasteiger partial charge on any atom is -0.494 e. The Balaban J connectivity index is 2.73. The topological polar surface area (TPSA) is 55.8 Å². The number of benzene rings is 1. The van der Waals surface area contributed by atoms with Gasteiger partial charge in [0.15, 0.2) is 5.75 Å². The van der Waals surface area contributed by atoms with E-state index in [0.717, 1.165) is 17.2 Å². The molecule has 4 nitrogen and oxygen atoms in total. The van der Waals surface area contributed by atoms with Gasteiger partial charge in [-0.15, -0.1) is 0 Å². The Morgan fingerprint density at radius 3 is 2.52 bits per heavy atom. The quantitative estimate of drug-likeness (QED) is 0.353. The molecule has 6 heteroatoms. The highest BCUT2D eigenvalue weighted by molar-refractivity contribution is 6.34. The minimum atomic E-state index is -1.08. The number of carboxylic acids is 1. The van der Waals surface area contributed by atoms with Gasteiger partial charge in [-0.2, -0.15) is 0 Å². The van der Waals surface area contributed by atoms with Crippen molar-refractivity contribution in [2.24, 2.45) is 5.92 Å². The van der Waals surface area contributed by atoms with Crippen LogP contribution >= 0.6 is 11.6 Å². The van der Waals surface area contributed by atoms with Crippen LogP contribution in [-0.4, -0.2) is 23.8 Å². The molecule has 1 aromatic rings. The van der Waals surface area contributed by atoms with E-state index in [1.165, 1.54) is 19.3 Å². The molecular formula is C25H30ClFO4. The average Bonchev–Trinajstić information content (AvgIpc) is 2.66. The number of aliphatic carboxylic acids is 1. The Labute approximate surface area is 188 Å². The summed E-state index contributed by atoms with van der Waals surface area (Å²) in [6.45, 7) is 11.5. The second kappa shape index (κ2) is 9.73. The van der Waals surface area contributed by atoms with Crippen LogP contribution in [0.15, 0.2) is 41.8 Å². The zero-order valence-corrected chi connectivity index (χ0v) is 19.9. The SMILES string of the molecule is CC/C(=C(F)/C=C/C(C)=C/C(=O)O)c1cc2c(c(Cl)c1OC)OC(C)(C)C=C2C(C)C. The first-order chi connectivity index (χ1) is 14.4. The third kappa shape index (κ3) is 5.59. The summed E-state index contributed by atoms with van der Waals surface area (Å²) in [6, 6.07) is 1.87. The zero-order valence-electron chi connectivity index (χ0n) is 19.1. The van der Waals surface area contributed by atoms with Crippen molar-refractivity contribution in [1.82, 2.24) is 0 Å². The second-order valence-corrected chi connectivity index (χ2v) is 8.73. The highest BCUT2D eigenvalue weighted by Gasteiger charge is 2.32. The molecule has 168 valence electrons. The molecule has 1 aliphatic rings. The number of methoxy groups -OCH3 is 1. The molecule has 0 amide bonds. The van der Waals surface area contributed by atoms with E-state index < -0.39 is 17.4 Å². The van der Waals surface area contributed by atoms with Gasteiger partial charge in [0, 0.05) is 17.2 Å². The fourth-order valence-electron chi connectivity index (χ4n) is 3.61. The van der Waals surface area contributed by atoms with Gasteiger partial charge in [0.2, 0.25) is 0 Å². The molecule has 1 aromatic carbocycles. The van der Waals surface area contributed by atoms with Crippen molar-refractivity contribution >= 4 is 28.7 Å². The number of hydrogen-bond donors (Lipinski definition) is 1. The van der Waals surface area contributed by atoms with Gasteiger partial charge in [0.05, 0.1) is 7.11 Å². The first-order valence-electron chi connectivity index (χ1n) is 10.2. The fourth-order valence-corrected chi connectivity index (χ4v) is 3.93. The predicted molar refractivity (Wildman–Crippen MR) is 124 cm³/mol. The number of allylic oxidation sites excluding steroid dienone is 6. The highest BCUT2D eigenvalue weighted by Crippen LogP contribution is 2.50. The molecule has 0 aromatic heterocycles. The van der Waals surface area contributed by atoms with Gasteiger partial charge in [-0.3, -0.25) is 0 Å². The normalized spacial score (nSPS) is 16.6. The van der Waals surface area contributed by atoms with Gasteiger partial charge in [-0.05, 0) is 68.0 Å². The Morgan fingerprint density at radius 1 is 1.35 bits per heavy atom. The van der Waals surface area contributed by atoms with Crippen molar-refractivity contribution in [3.05, 3.63) is 57.9 Å². The van der Waals surface area contributed by atoms with Gasteiger partial charge in [0.25, 0.3) is 0 Å². The van der Waals surface area contributed by atoms with Crippen molar-refractivity contribution in [2.75, 3.05) is 7.11 Å². The lowest BCUT2D eigenvalue weighted by atomic mass is 9.85. The maximum Gasteiger partial charge on any atom is 0.328 e. The van der Waals surface area contributed by atoms with E-state index in [1.807, 2.05) is 26.8 Å². The van der Waals surface area contributed by atoms with E-state index in [9.17, 15) is 4.79 Å². The number of hydrogen-bond acceptors (Lipinski definition) is 3. The van der Waals surface area contributed by atoms with Crippen molar-refractivity contribution in [3.63, 3.8) is 0 Å². The van der Waals surface area contributed by atoms with Crippen molar-refractivity contribution in [3.8, 4) is 11.5 Å². The summed E-state index contributed by atoms with van der Waals surface area (Å²) >= 11 is 6.71. The lowest BCUT2D eigenvalue weighted by Gasteiger charge is -2.34. The van der Waals surface area contributed by atoms with Gasteiger partial charge in [0.1, 0.15) is 22.2 Å². The molecular weight excluding hydrogens is 419 g/mol. The van der Waals surface area contributed by atoms with E-state index in [-0.39, 0.29) is 5.92 Å². The lowest BCUT2D eigenvalue weighted by Crippen LogP contribution is -2.30. The minimum absolute atomic E-state index is 0.210. The summed E-state index contributed by atoms with van der Waals surface area (Å²) in [6.07, 6.45) is 6.16. The Morgan fingerprint density at radius 2 is 2.00 bits per heavy atom. The standard InChI is InChI=1S/C25H30ClFO4/c1-8-16(20(27)10-9-15(4)11-21(28)29)17-12-18-19(14(2)3)13-25(5,6)31-24(18)22(26)23(17)30-7/h9-14H,8H2,1-7H3,(H,28,29)/b10-9+,15-11+,20-16+. The number of ether oxygens (including phenoxy) is 2. The van der Waals surface area contributed by atoms with Crippen LogP contribution < -0.4 is 9.47 Å². The van der Waals surface area contributed by atoms with Gasteiger partial charge < -0.3 is 14.6 Å². The maximum absolute atomic E-state index is 15.2. The third-order valence-corrected chi connectivity index (χ3v) is 5.34. The van der Waals surface area contributed by atoms with Crippen LogP contribution in [0.4, 0.5) is 4.39 Å². The van der Waals surface area contributed by atoms with Gasteiger partial charge in [-0.1, -0.05) is 38.4 Å². The fraction of sp³-hybridized carbons (Fsp3) is 0.400. The van der Waals surface area contributed by atoms with Crippen LogP contribution in [0.1, 0.15) is 59.1 Å². The number of fused-ring (bicyclic) bond motifs is 1. The summed E-state index contributed by atoms with van der Waals surface area (Å²) in [4.78, 5) is 10.8. The van der Waals surface area contributed by atoms with Crippen LogP contribution in [-0.2, 0) is 4.79 Å². The molecule has 0 radical (unpaired) electrons. The van der Waals surface area contributed by atoms with E-state index in [1.54, 1.807) is 6.92 Å². The van der Waals surface area contributed by atoms with Gasteiger partial charge >= 0.3 is 5.97 Å². The first-order valence-corrected chi connectivity index (χ1v) is 10.6. The van der Waals surface area contributed by atoms with E-state index in [4.69, 9.17) is 26.2 Å². The molecule has 0 atom stereocenters. The average molecular weight is 449 g/mol. The van der Waals surface area contributed by atoms with Crippen molar-refractivity contribution < 1.29 is 23.8 Å². The molecule has 0 unspecified atom stereocenters. The molecule has 1 heterocycles. The van der Waals surface area contributed by atoms with E-state index in [0.29, 0.717) is 39.7 Å². The molecule has 0 aliphatic carbocycles. The maximum atomic E-state index is 15.2. The van der Waals surface area contributed by atoms with Gasteiger partial charge in [-0.25, -0.2) is 9.18 Å². The summed E-state index contributed by atoms with van der Waals surface area (Å²) in [5, 5.41) is 9.14. The van der Waals surface area contributed by atoms with Crippen LogP contribution in [0.3, 0.4) is 0 Å². The summed E-state index contributed by atoms with van der Waals surface area (Å²) in [5.41, 5.74) is 2.74. The van der Waals surface area contributed by atoms with Crippen molar-refractivity contribution in [2.45, 2.75) is 53.6 Å². The highest BCUT2D eigenvalue weighted by atomic mass is 35.5. The van der Waals surface area contributed by atoms with Crippen molar-refractivity contribution in [1.29, 1.82) is 0 Å². The molecule has 0 spiro atoms. The number of carbonyl (C=O) groups is 1. The molecule has 31 heavy (non-hydrogen) atoms. The first kappa shape index (κ1) is 24.7. The molecule has 0 saturated carbocycles. The molecule has 0 fully saturated rings. The molecule has 2 rings (SSSR count). The molecule has 0 saturated heterocycles.